The Morgan fingerprint density at radius 2 is 1.86 bits per heavy atom. The molecular formula is C9H17NO4. The van der Waals surface area contributed by atoms with E-state index in [0.717, 1.165) is 0 Å². The van der Waals surface area contributed by atoms with E-state index in [2.05, 4.69) is 0 Å². The Bertz CT molecular complexity index is 201. The zero-order valence-corrected chi connectivity index (χ0v) is 8.82. The summed E-state index contributed by atoms with van der Waals surface area (Å²) in [5.41, 5.74) is 0. The van der Waals surface area contributed by atoms with Gasteiger partial charge >= 0.3 is 5.97 Å². The molecule has 1 amide bonds. The summed E-state index contributed by atoms with van der Waals surface area (Å²) in [5, 5.41) is 8.35. The van der Waals surface area contributed by atoms with Crippen LogP contribution in [0, 0.1) is 0 Å². The largest absolute Gasteiger partial charge is 0.480 e. The second-order valence-electron chi connectivity index (χ2n) is 2.86. The van der Waals surface area contributed by atoms with E-state index in [1.165, 1.54) is 0 Å². The van der Waals surface area contributed by atoms with Crippen molar-refractivity contribution in [2.45, 2.75) is 26.9 Å². The highest BCUT2D eigenvalue weighted by Gasteiger charge is 2.19. The van der Waals surface area contributed by atoms with Crippen LogP contribution in [-0.2, 0) is 14.3 Å². The number of hydrogen-bond acceptors (Lipinski definition) is 3. The predicted octanol–water partition coefficient (Wildman–Crippen LogP) is 0.344. The first-order valence-corrected chi connectivity index (χ1v) is 4.65. The topological polar surface area (TPSA) is 66.8 Å². The van der Waals surface area contributed by atoms with Gasteiger partial charge in [0.2, 0.25) is 0 Å². The first-order valence-electron chi connectivity index (χ1n) is 4.65. The van der Waals surface area contributed by atoms with E-state index < -0.39 is 18.7 Å². The summed E-state index contributed by atoms with van der Waals surface area (Å²) < 4.78 is 4.86. The number of nitrogens with zero attached hydrogens (tertiary/aromatic N) is 1. The molecule has 0 saturated heterocycles. The molecular weight excluding hydrogens is 186 g/mol. The zero-order chi connectivity index (χ0) is 11.1. The van der Waals surface area contributed by atoms with E-state index in [4.69, 9.17) is 9.84 Å². The number of carbonyl (C=O) groups is 2. The van der Waals surface area contributed by atoms with Crippen LogP contribution in [0.5, 0.6) is 0 Å². The highest BCUT2D eigenvalue weighted by molar-refractivity contribution is 5.80. The Kier molecular flexibility index (Phi) is 5.87. The van der Waals surface area contributed by atoms with Gasteiger partial charge < -0.3 is 14.7 Å². The van der Waals surface area contributed by atoms with Crippen LogP contribution in [0.3, 0.4) is 0 Å². The molecule has 0 bridgehead atoms. The van der Waals surface area contributed by atoms with Crippen LogP contribution < -0.4 is 0 Å². The molecule has 0 aromatic heterocycles. The van der Waals surface area contributed by atoms with Crippen molar-refractivity contribution in [3.05, 3.63) is 0 Å². The number of carboxylic acid groups (broad SMARTS) is 1. The van der Waals surface area contributed by atoms with Crippen LogP contribution in [0.15, 0.2) is 0 Å². The van der Waals surface area contributed by atoms with Crippen LogP contribution in [0.25, 0.3) is 0 Å². The van der Waals surface area contributed by atoms with E-state index in [0.29, 0.717) is 13.1 Å². The third-order valence-corrected chi connectivity index (χ3v) is 1.88. The normalized spacial score (nSPS) is 12.2. The SMILES string of the molecule is CCN(CC)C(=O)C(C)OCC(=O)O. The number of rotatable bonds is 6. The molecule has 0 fully saturated rings. The summed E-state index contributed by atoms with van der Waals surface area (Å²) in [5.74, 6) is -1.24. The maximum atomic E-state index is 11.5. The van der Waals surface area contributed by atoms with Gasteiger partial charge in [-0.1, -0.05) is 0 Å². The number of carbonyl (C=O) groups excluding carboxylic acids is 1. The van der Waals surface area contributed by atoms with E-state index in [1.807, 2.05) is 13.8 Å². The summed E-state index contributed by atoms with van der Waals surface area (Å²) in [4.78, 5) is 23.3. The standard InChI is InChI=1S/C9H17NO4/c1-4-10(5-2)9(13)7(3)14-6-8(11)12/h7H,4-6H2,1-3H3,(H,11,12). The molecule has 82 valence electrons. The van der Waals surface area contributed by atoms with Gasteiger partial charge in [-0.05, 0) is 20.8 Å². The fraction of sp³-hybridized carbons (Fsp3) is 0.778. The lowest BCUT2D eigenvalue weighted by atomic mass is 10.3. The number of likely N-dealkylation sites (N-methyl/N-ethyl adjacent to an activating group) is 1. The van der Waals surface area contributed by atoms with Crippen LogP contribution in [0.1, 0.15) is 20.8 Å². The molecule has 0 aromatic rings. The van der Waals surface area contributed by atoms with Gasteiger partial charge in [-0.15, -0.1) is 0 Å². The Hall–Kier alpha value is -1.10. The lowest BCUT2D eigenvalue weighted by Crippen LogP contribution is -2.39. The second kappa shape index (κ2) is 6.37. The van der Waals surface area contributed by atoms with Gasteiger partial charge in [-0.25, -0.2) is 4.79 Å². The number of amides is 1. The Balaban J connectivity index is 4.03. The van der Waals surface area contributed by atoms with Crippen LogP contribution in [0.2, 0.25) is 0 Å². The lowest BCUT2D eigenvalue weighted by Gasteiger charge is -2.22. The average molecular weight is 203 g/mol. The van der Waals surface area contributed by atoms with Crippen molar-refractivity contribution in [1.29, 1.82) is 0 Å². The van der Waals surface area contributed by atoms with Crippen molar-refractivity contribution in [2.75, 3.05) is 19.7 Å². The van der Waals surface area contributed by atoms with E-state index in [-0.39, 0.29) is 5.91 Å². The molecule has 0 heterocycles. The minimum atomic E-state index is -1.07. The lowest BCUT2D eigenvalue weighted by molar-refractivity contribution is -0.151. The Labute approximate surface area is 83.6 Å². The quantitative estimate of drug-likeness (QED) is 0.676. The first kappa shape index (κ1) is 12.9. The molecule has 1 N–H and O–H groups in total. The summed E-state index contributed by atoms with van der Waals surface area (Å²) in [7, 11) is 0. The van der Waals surface area contributed by atoms with Crippen molar-refractivity contribution in [1.82, 2.24) is 4.90 Å². The van der Waals surface area contributed by atoms with E-state index in [9.17, 15) is 9.59 Å². The number of aliphatic carboxylic acids is 1. The third kappa shape index (κ3) is 4.23. The smallest absolute Gasteiger partial charge is 0.329 e. The van der Waals surface area contributed by atoms with Crippen molar-refractivity contribution in [3.8, 4) is 0 Å². The van der Waals surface area contributed by atoms with Gasteiger partial charge in [0.25, 0.3) is 5.91 Å². The molecule has 0 aliphatic heterocycles. The molecule has 5 heteroatoms. The van der Waals surface area contributed by atoms with Gasteiger partial charge in [-0.2, -0.15) is 0 Å². The summed E-state index contributed by atoms with van der Waals surface area (Å²) in [6, 6.07) is 0. The summed E-state index contributed by atoms with van der Waals surface area (Å²) >= 11 is 0. The molecule has 0 aromatic carbocycles. The maximum Gasteiger partial charge on any atom is 0.329 e. The molecule has 1 atom stereocenters. The van der Waals surface area contributed by atoms with Crippen LogP contribution in [0.4, 0.5) is 0 Å². The molecule has 0 aliphatic carbocycles. The van der Waals surface area contributed by atoms with Gasteiger partial charge in [0.15, 0.2) is 0 Å². The Morgan fingerprint density at radius 3 is 2.21 bits per heavy atom. The minimum Gasteiger partial charge on any atom is -0.480 e. The summed E-state index contributed by atoms with van der Waals surface area (Å²) in [6.45, 7) is 6.07. The van der Waals surface area contributed by atoms with Crippen LogP contribution >= 0.6 is 0 Å². The van der Waals surface area contributed by atoms with Gasteiger partial charge in [0, 0.05) is 13.1 Å². The fourth-order valence-electron chi connectivity index (χ4n) is 1.06. The number of hydrogen-bond donors (Lipinski definition) is 1. The average Bonchev–Trinajstić information content (AvgIpc) is 2.15. The van der Waals surface area contributed by atoms with Gasteiger partial charge in [0.1, 0.15) is 12.7 Å². The van der Waals surface area contributed by atoms with Crippen LogP contribution in [-0.4, -0.2) is 47.7 Å². The molecule has 0 spiro atoms. The van der Waals surface area contributed by atoms with Crippen molar-refractivity contribution >= 4 is 11.9 Å². The van der Waals surface area contributed by atoms with Crippen molar-refractivity contribution in [2.24, 2.45) is 0 Å². The van der Waals surface area contributed by atoms with Crippen molar-refractivity contribution in [3.63, 3.8) is 0 Å². The van der Waals surface area contributed by atoms with Gasteiger partial charge in [0.05, 0.1) is 0 Å². The molecule has 14 heavy (non-hydrogen) atoms. The third-order valence-electron chi connectivity index (χ3n) is 1.88. The number of ether oxygens (including phenoxy) is 1. The van der Waals surface area contributed by atoms with Crippen molar-refractivity contribution < 1.29 is 19.4 Å². The molecule has 0 rings (SSSR count). The second-order valence-corrected chi connectivity index (χ2v) is 2.86. The summed E-state index contributed by atoms with van der Waals surface area (Å²) in [6.07, 6.45) is -0.689. The Morgan fingerprint density at radius 1 is 1.36 bits per heavy atom. The fourth-order valence-corrected chi connectivity index (χ4v) is 1.06. The predicted molar refractivity (Wildman–Crippen MR) is 51.0 cm³/mol. The molecule has 1 unspecified atom stereocenters. The van der Waals surface area contributed by atoms with Gasteiger partial charge in [-0.3, -0.25) is 4.79 Å². The maximum absolute atomic E-state index is 11.5. The monoisotopic (exact) mass is 203 g/mol. The highest BCUT2D eigenvalue weighted by Crippen LogP contribution is 1.98. The molecule has 0 saturated carbocycles. The molecule has 0 aliphatic rings. The van der Waals surface area contributed by atoms with E-state index in [1.54, 1.807) is 11.8 Å². The molecule has 5 nitrogen and oxygen atoms in total. The zero-order valence-electron chi connectivity index (χ0n) is 8.82. The number of carboxylic acids is 1. The minimum absolute atomic E-state index is 0.170. The molecule has 0 radical (unpaired) electrons. The van der Waals surface area contributed by atoms with E-state index >= 15 is 0 Å². The highest BCUT2D eigenvalue weighted by atomic mass is 16.5. The first-order chi connectivity index (χ1) is 6.52.